The fourth-order valence-corrected chi connectivity index (χ4v) is 2.71. The van der Waals surface area contributed by atoms with Crippen LogP contribution in [0.2, 0.25) is 10.0 Å². The molecule has 2 heterocycles. The van der Waals surface area contributed by atoms with Gasteiger partial charge in [0.2, 0.25) is 5.91 Å². The lowest BCUT2D eigenvalue weighted by molar-refractivity contribution is -0.113. The molecule has 112 valence electrons. The molecule has 7 heteroatoms. The Morgan fingerprint density at radius 1 is 1.23 bits per heavy atom. The number of carbonyl (C=O) groups is 1. The van der Waals surface area contributed by atoms with Gasteiger partial charge >= 0.3 is 0 Å². The summed E-state index contributed by atoms with van der Waals surface area (Å²) in [6.07, 6.45) is 3.56. The second-order valence-corrected chi connectivity index (χ2v) is 5.74. The van der Waals surface area contributed by atoms with Gasteiger partial charge in [0, 0.05) is 23.6 Å². The summed E-state index contributed by atoms with van der Waals surface area (Å²) in [5.41, 5.74) is 2.86. The molecule has 1 aromatic carbocycles. The molecule has 0 fully saturated rings. The monoisotopic (exact) mass is 353 g/mol. The van der Waals surface area contributed by atoms with Crippen LogP contribution in [-0.4, -0.2) is 21.2 Å². The lowest BCUT2D eigenvalue weighted by Gasteiger charge is -2.04. The first-order valence-electron chi connectivity index (χ1n) is 6.37. The van der Waals surface area contributed by atoms with Crippen LogP contribution in [0.25, 0.3) is 16.9 Å². The quantitative estimate of drug-likeness (QED) is 0.705. The van der Waals surface area contributed by atoms with Crippen LogP contribution in [0.3, 0.4) is 0 Å². The molecule has 1 N–H and O–H groups in total. The van der Waals surface area contributed by atoms with E-state index in [4.69, 9.17) is 34.8 Å². The van der Waals surface area contributed by atoms with Crippen molar-refractivity contribution in [2.45, 2.75) is 0 Å². The molecule has 0 aliphatic carbocycles. The van der Waals surface area contributed by atoms with E-state index in [-0.39, 0.29) is 11.8 Å². The smallest absolute Gasteiger partial charge is 0.239 e. The summed E-state index contributed by atoms with van der Waals surface area (Å²) < 4.78 is 1.77. The zero-order valence-corrected chi connectivity index (χ0v) is 13.5. The highest BCUT2D eigenvalue weighted by atomic mass is 35.5. The highest BCUT2D eigenvalue weighted by Crippen LogP contribution is 2.27. The molecule has 0 unspecified atom stereocenters. The van der Waals surface area contributed by atoms with Gasteiger partial charge in [-0.2, -0.15) is 0 Å². The number of carbonyl (C=O) groups excluding carboxylic acids is 1. The number of halogens is 3. The Kier molecular flexibility index (Phi) is 4.25. The third-order valence-electron chi connectivity index (χ3n) is 3.04. The Bertz CT molecular complexity index is 860. The molecule has 0 aliphatic rings. The average Bonchev–Trinajstić information content (AvgIpc) is 2.91. The van der Waals surface area contributed by atoms with Crippen LogP contribution in [0, 0.1) is 0 Å². The van der Waals surface area contributed by atoms with E-state index in [0.29, 0.717) is 21.4 Å². The number of aromatic nitrogens is 2. The van der Waals surface area contributed by atoms with Gasteiger partial charge in [-0.1, -0.05) is 35.3 Å². The molecule has 0 bridgehead atoms. The number of benzene rings is 1. The summed E-state index contributed by atoms with van der Waals surface area (Å²) in [5.74, 6) is -0.351. The minimum absolute atomic E-state index is 0.0906. The topological polar surface area (TPSA) is 46.4 Å². The van der Waals surface area contributed by atoms with Gasteiger partial charge in [-0.25, -0.2) is 4.98 Å². The summed E-state index contributed by atoms with van der Waals surface area (Å²) in [6, 6.07) is 8.98. The van der Waals surface area contributed by atoms with Crippen molar-refractivity contribution in [3.8, 4) is 11.3 Å². The number of pyridine rings is 1. The summed E-state index contributed by atoms with van der Waals surface area (Å²) in [6.45, 7) is 0. The highest BCUT2D eigenvalue weighted by molar-refractivity contribution is 6.36. The third kappa shape index (κ3) is 3.04. The summed E-state index contributed by atoms with van der Waals surface area (Å²) in [5, 5.41) is 3.71. The largest absolute Gasteiger partial charge is 0.325 e. The van der Waals surface area contributed by atoms with E-state index < -0.39 is 0 Å². The normalized spacial score (nSPS) is 10.9. The fourth-order valence-electron chi connectivity index (χ4n) is 2.11. The molecule has 3 rings (SSSR count). The van der Waals surface area contributed by atoms with Gasteiger partial charge in [0.1, 0.15) is 5.88 Å². The van der Waals surface area contributed by atoms with Crippen LogP contribution in [0.15, 0.2) is 42.7 Å². The second kappa shape index (κ2) is 6.16. The zero-order chi connectivity index (χ0) is 15.7. The van der Waals surface area contributed by atoms with E-state index in [9.17, 15) is 4.79 Å². The van der Waals surface area contributed by atoms with Crippen molar-refractivity contribution in [3.05, 3.63) is 52.8 Å². The Morgan fingerprint density at radius 2 is 2.05 bits per heavy atom. The second-order valence-electron chi connectivity index (χ2n) is 4.63. The summed E-state index contributed by atoms with van der Waals surface area (Å²) in [7, 11) is 0. The van der Waals surface area contributed by atoms with Crippen molar-refractivity contribution in [2.24, 2.45) is 0 Å². The molecular weight excluding hydrogens is 345 g/mol. The Hall–Kier alpha value is -1.75. The van der Waals surface area contributed by atoms with E-state index in [1.165, 1.54) is 0 Å². The van der Waals surface area contributed by atoms with E-state index in [0.717, 1.165) is 11.3 Å². The number of hydrogen-bond donors (Lipinski definition) is 1. The molecule has 0 saturated heterocycles. The number of nitrogens with one attached hydrogen (secondary N) is 1. The molecule has 1 amide bonds. The lowest BCUT2D eigenvalue weighted by Crippen LogP contribution is -2.12. The van der Waals surface area contributed by atoms with Crippen LogP contribution < -0.4 is 5.32 Å². The van der Waals surface area contributed by atoms with Crippen molar-refractivity contribution < 1.29 is 4.79 Å². The predicted octanol–water partition coefficient (Wildman–Crippen LogP) is 4.49. The SMILES string of the molecule is O=C(CCl)Nc1cccc(-c2cn3cc(Cl)cc(Cl)c3n2)c1. The van der Waals surface area contributed by atoms with Crippen LogP contribution in [0.1, 0.15) is 0 Å². The third-order valence-corrected chi connectivity index (χ3v) is 3.76. The van der Waals surface area contributed by atoms with Crippen molar-refractivity contribution >= 4 is 52.0 Å². The number of imidazole rings is 1. The lowest BCUT2D eigenvalue weighted by atomic mass is 10.1. The Morgan fingerprint density at radius 3 is 2.82 bits per heavy atom. The van der Waals surface area contributed by atoms with Gasteiger partial charge < -0.3 is 9.72 Å². The Labute approximate surface area is 141 Å². The molecule has 0 atom stereocenters. The minimum Gasteiger partial charge on any atom is -0.325 e. The first-order chi connectivity index (χ1) is 10.6. The van der Waals surface area contributed by atoms with Crippen molar-refractivity contribution in [1.29, 1.82) is 0 Å². The van der Waals surface area contributed by atoms with Gasteiger partial charge in [-0.3, -0.25) is 4.79 Å². The average molecular weight is 355 g/mol. The van der Waals surface area contributed by atoms with E-state index in [2.05, 4.69) is 10.3 Å². The van der Waals surface area contributed by atoms with E-state index in [1.54, 1.807) is 22.7 Å². The number of hydrogen-bond acceptors (Lipinski definition) is 2. The first kappa shape index (κ1) is 15.2. The number of alkyl halides is 1. The van der Waals surface area contributed by atoms with Crippen LogP contribution >= 0.6 is 34.8 Å². The maximum absolute atomic E-state index is 11.4. The number of fused-ring (bicyclic) bond motifs is 1. The number of nitrogens with zero attached hydrogens (tertiary/aromatic N) is 2. The summed E-state index contributed by atoms with van der Waals surface area (Å²) in [4.78, 5) is 15.9. The van der Waals surface area contributed by atoms with Crippen molar-refractivity contribution in [3.63, 3.8) is 0 Å². The molecule has 3 aromatic rings. The van der Waals surface area contributed by atoms with Gasteiger partial charge in [0.15, 0.2) is 5.65 Å². The van der Waals surface area contributed by atoms with E-state index >= 15 is 0 Å². The fraction of sp³-hybridized carbons (Fsp3) is 0.0667. The van der Waals surface area contributed by atoms with E-state index in [1.807, 2.05) is 24.4 Å². The van der Waals surface area contributed by atoms with Crippen LogP contribution in [0.4, 0.5) is 5.69 Å². The minimum atomic E-state index is -0.261. The van der Waals surface area contributed by atoms with Gasteiger partial charge in [0.05, 0.1) is 15.7 Å². The number of anilines is 1. The number of rotatable bonds is 3. The first-order valence-corrected chi connectivity index (χ1v) is 7.66. The zero-order valence-electron chi connectivity index (χ0n) is 11.2. The van der Waals surface area contributed by atoms with Gasteiger partial charge in [-0.15, -0.1) is 11.6 Å². The van der Waals surface area contributed by atoms with Gasteiger partial charge in [-0.05, 0) is 18.2 Å². The summed E-state index contributed by atoms with van der Waals surface area (Å²) >= 11 is 17.6. The molecule has 0 aliphatic heterocycles. The molecule has 0 spiro atoms. The Balaban J connectivity index is 2.02. The molecule has 0 radical (unpaired) electrons. The molecular formula is C15H10Cl3N3O. The van der Waals surface area contributed by atoms with Crippen molar-refractivity contribution in [1.82, 2.24) is 9.38 Å². The van der Waals surface area contributed by atoms with Crippen LogP contribution in [0.5, 0.6) is 0 Å². The molecule has 0 saturated carbocycles. The molecule has 4 nitrogen and oxygen atoms in total. The highest BCUT2D eigenvalue weighted by Gasteiger charge is 2.09. The molecule has 22 heavy (non-hydrogen) atoms. The maximum atomic E-state index is 11.4. The standard InChI is InChI=1S/C15H10Cl3N3O/c16-6-14(22)19-11-3-1-2-9(4-11)13-8-21-7-10(17)5-12(18)15(21)20-13/h1-5,7-8H,6H2,(H,19,22). The predicted molar refractivity (Wildman–Crippen MR) is 90.0 cm³/mol. The van der Waals surface area contributed by atoms with Crippen LogP contribution in [-0.2, 0) is 4.79 Å². The van der Waals surface area contributed by atoms with Gasteiger partial charge in [0.25, 0.3) is 0 Å². The number of amides is 1. The molecule has 2 aromatic heterocycles. The maximum Gasteiger partial charge on any atom is 0.239 e. The van der Waals surface area contributed by atoms with Crippen molar-refractivity contribution in [2.75, 3.05) is 11.2 Å².